The molecule has 4 nitrogen and oxygen atoms in total. The number of carboxylic acids is 1. The second kappa shape index (κ2) is 11.2. The number of nitrogens with zero attached hydrogens (tertiary/aromatic N) is 1. The molecule has 0 aromatic heterocycles. The van der Waals surface area contributed by atoms with E-state index in [-0.39, 0.29) is 34.5 Å². The average molecular weight is 554 g/mol. The summed E-state index contributed by atoms with van der Waals surface area (Å²) in [5.41, 5.74) is -0.622. The van der Waals surface area contributed by atoms with Crippen molar-refractivity contribution in [3.05, 3.63) is 143 Å². The van der Waals surface area contributed by atoms with Crippen LogP contribution in [-0.2, 0) is 15.6 Å². The summed E-state index contributed by atoms with van der Waals surface area (Å²) in [7, 11) is 0. The number of rotatable bonds is 8. The first-order valence-electron chi connectivity index (χ1n) is 13.3. The number of ketones is 1. The molecule has 41 heavy (non-hydrogen) atoms. The van der Waals surface area contributed by atoms with Crippen LogP contribution in [0.4, 0.5) is 8.78 Å². The third-order valence-electron chi connectivity index (χ3n) is 7.43. The maximum absolute atomic E-state index is 15.6. The van der Waals surface area contributed by atoms with Gasteiger partial charge in [0.15, 0.2) is 5.78 Å². The van der Waals surface area contributed by atoms with Crippen LogP contribution >= 0.6 is 0 Å². The van der Waals surface area contributed by atoms with Gasteiger partial charge in [0.2, 0.25) is 0 Å². The topological polar surface area (TPSA) is 66.7 Å². The number of hydrogen-bond acceptors (Lipinski definition) is 3. The van der Waals surface area contributed by atoms with Gasteiger partial charge >= 0.3 is 5.97 Å². The Labute approximate surface area is 239 Å². The molecule has 0 bridgehead atoms. The fourth-order valence-corrected chi connectivity index (χ4v) is 5.11. The van der Waals surface area contributed by atoms with Crippen LogP contribution in [0.15, 0.2) is 114 Å². The summed E-state index contributed by atoms with van der Waals surface area (Å²) in [5.74, 6) is -3.12. The molecule has 0 saturated heterocycles. The van der Waals surface area contributed by atoms with Gasteiger partial charge in [0.25, 0.3) is 0 Å². The van der Waals surface area contributed by atoms with Crippen LogP contribution in [0.25, 0.3) is 0 Å². The first kappa shape index (κ1) is 29.5. The summed E-state index contributed by atoms with van der Waals surface area (Å²) in [6.45, 7) is 11.5. The summed E-state index contributed by atoms with van der Waals surface area (Å²) in [6, 6.07) is 19.6. The maximum Gasteiger partial charge on any atom is 0.350 e. The van der Waals surface area contributed by atoms with Gasteiger partial charge < -0.3 is 5.11 Å². The van der Waals surface area contributed by atoms with Crippen molar-refractivity contribution in [2.75, 3.05) is 0 Å². The van der Waals surface area contributed by atoms with Gasteiger partial charge in [-0.3, -0.25) is 9.79 Å². The SMILES string of the molecule is C=CCC(=NC1(C)C=CC(c2ccc(C(C)(C)C)cc2)(c2ccc(F)cc2F)C=C1C(=O)c1ccccc1)C(=O)O. The number of benzene rings is 3. The van der Waals surface area contributed by atoms with Gasteiger partial charge in [-0.1, -0.05) is 106 Å². The molecule has 0 spiro atoms. The fourth-order valence-electron chi connectivity index (χ4n) is 5.11. The quantitative estimate of drug-likeness (QED) is 0.176. The summed E-state index contributed by atoms with van der Waals surface area (Å²) < 4.78 is 29.6. The monoisotopic (exact) mass is 553 g/mol. The molecule has 2 unspecified atom stereocenters. The molecule has 3 aromatic carbocycles. The third-order valence-corrected chi connectivity index (χ3v) is 7.43. The van der Waals surface area contributed by atoms with E-state index in [1.54, 1.807) is 55.5 Å². The van der Waals surface area contributed by atoms with Crippen LogP contribution in [0.5, 0.6) is 0 Å². The minimum Gasteiger partial charge on any atom is -0.477 e. The number of carboxylic acid groups (broad SMARTS) is 1. The van der Waals surface area contributed by atoms with Gasteiger partial charge in [-0.15, -0.1) is 6.58 Å². The molecular weight excluding hydrogens is 520 g/mol. The van der Waals surface area contributed by atoms with E-state index < -0.39 is 28.6 Å². The van der Waals surface area contributed by atoms with Crippen molar-refractivity contribution in [2.45, 2.75) is 50.5 Å². The molecule has 6 heteroatoms. The van der Waals surface area contributed by atoms with Gasteiger partial charge in [-0.25, -0.2) is 13.6 Å². The zero-order valence-electron chi connectivity index (χ0n) is 23.6. The molecule has 2 atom stereocenters. The van der Waals surface area contributed by atoms with Gasteiger partial charge in [0.05, 0.1) is 5.41 Å². The Kier molecular flexibility index (Phi) is 8.07. The highest BCUT2D eigenvalue weighted by Gasteiger charge is 2.43. The van der Waals surface area contributed by atoms with Crippen LogP contribution in [0, 0.1) is 11.6 Å². The molecule has 0 radical (unpaired) electrons. The minimum absolute atomic E-state index is 0.0163. The molecule has 0 aliphatic heterocycles. The number of allylic oxidation sites excluding steroid dienone is 3. The first-order valence-corrected chi connectivity index (χ1v) is 13.3. The van der Waals surface area contributed by atoms with Crippen LogP contribution in [0.1, 0.15) is 61.2 Å². The molecule has 3 aromatic rings. The Morgan fingerprint density at radius 3 is 2.20 bits per heavy atom. The van der Waals surface area contributed by atoms with Crippen molar-refractivity contribution in [3.63, 3.8) is 0 Å². The zero-order chi connectivity index (χ0) is 30.0. The second-order valence-electron chi connectivity index (χ2n) is 11.4. The van der Waals surface area contributed by atoms with E-state index in [1.807, 2.05) is 24.3 Å². The normalized spacial score (nSPS) is 20.8. The van der Waals surface area contributed by atoms with Gasteiger partial charge in [0.1, 0.15) is 22.9 Å². The Morgan fingerprint density at radius 1 is 0.976 bits per heavy atom. The number of carbonyl (C=O) groups is 2. The van der Waals surface area contributed by atoms with Crippen LogP contribution in [-0.4, -0.2) is 28.1 Å². The van der Waals surface area contributed by atoms with E-state index in [4.69, 9.17) is 0 Å². The van der Waals surface area contributed by atoms with E-state index in [2.05, 4.69) is 32.3 Å². The lowest BCUT2D eigenvalue weighted by atomic mass is 9.66. The van der Waals surface area contributed by atoms with E-state index in [1.165, 1.54) is 18.2 Å². The summed E-state index contributed by atoms with van der Waals surface area (Å²) in [5, 5.41) is 9.81. The lowest BCUT2D eigenvalue weighted by Crippen LogP contribution is -2.38. The first-order chi connectivity index (χ1) is 19.3. The lowest BCUT2D eigenvalue weighted by molar-refractivity contribution is -0.129. The number of aliphatic imine (C=N–C) groups is 1. The molecule has 1 aliphatic carbocycles. The lowest BCUT2D eigenvalue weighted by Gasteiger charge is -2.38. The van der Waals surface area contributed by atoms with E-state index >= 15 is 4.39 Å². The van der Waals surface area contributed by atoms with Gasteiger partial charge in [-0.05, 0) is 29.5 Å². The van der Waals surface area contributed by atoms with E-state index in [0.29, 0.717) is 11.1 Å². The second-order valence-corrected chi connectivity index (χ2v) is 11.4. The summed E-state index contributed by atoms with van der Waals surface area (Å²) in [6.07, 6.45) is 6.41. The third kappa shape index (κ3) is 5.87. The highest BCUT2D eigenvalue weighted by molar-refractivity contribution is 6.36. The zero-order valence-corrected chi connectivity index (χ0v) is 23.6. The van der Waals surface area contributed by atoms with Crippen molar-refractivity contribution in [2.24, 2.45) is 4.99 Å². The molecular formula is C35H33F2NO3. The Hall–Kier alpha value is -4.45. The summed E-state index contributed by atoms with van der Waals surface area (Å²) in [4.78, 5) is 30.7. The molecule has 1 N–H and O–H groups in total. The Balaban J connectivity index is 2.05. The van der Waals surface area contributed by atoms with E-state index in [9.17, 15) is 19.1 Å². The van der Waals surface area contributed by atoms with Crippen molar-refractivity contribution >= 4 is 17.5 Å². The molecule has 0 amide bonds. The van der Waals surface area contributed by atoms with Crippen LogP contribution in [0.3, 0.4) is 0 Å². The predicted molar refractivity (Wildman–Crippen MR) is 159 cm³/mol. The minimum atomic E-state index is -1.39. The standard InChI is InChI=1S/C35H33F2NO3/c1-6-10-30(32(40)41)38-34(5)19-20-35(27-18-17-26(36)21-29(27)37,25-15-13-24(14-16-25)33(2,3)4)22-28(34)31(39)23-11-8-7-9-12-23/h6-9,11-22H,1,10H2,2-5H3,(H,40,41). The smallest absolute Gasteiger partial charge is 0.350 e. The number of Topliss-reactive ketones (excluding diaryl/α,β-unsaturated/α-hetero) is 1. The van der Waals surface area contributed by atoms with E-state index in [0.717, 1.165) is 11.6 Å². The largest absolute Gasteiger partial charge is 0.477 e. The number of hydrogen-bond donors (Lipinski definition) is 1. The van der Waals surface area contributed by atoms with Crippen molar-refractivity contribution in [1.82, 2.24) is 0 Å². The molecule has 0 saturated carbocycles. The van der Waals surface area contributed by atoms with Crippen LogP contribution < -0.4 is 0 Å². The maximum atomic E-state index is 15.6. The summed E-state index contributed by atoms with van der Waals surface area (Å²) >= 11 is 0. The number of halogens is 2. The predicted octanol–water partition coefficient (Wildman–Crippen LogP) is 7.79. The number of aliphatic carboxylic acids is 1. The van der Waals surface area contributed by atoms with Crippen molar-refractivity contribution in [1.29, 1.82) is 0 Å². The molecule has 0 fully saturated rings. The molecule has 210 valence electrons. The van der Waals surface area contributed by atoms with Crippen LogP contribution in [0.2, 0.25) is 0 Å². The van der Waals surface area contributed by atoms with Gasteiger partial charge in [-0.2, -0.15) is 0 Å². The Bertz CT molecular complexity index is 1580. The molecule has 4 rings (SSSR count). The number of carbonyl (C=O) groups excluding carboxylic acids is 1. The van der Waals surface area contributed by atoms with Crippen molar-refractivity contribution in [3.8, 4) is 0 Å². The Morgan fingerprint density at radius 2 is 1.63 bits per heavy atom. The van der Waals surface area contributed by atoms with Gasteiger partial charge in [0, 0.05) is 29.2 Å². The molecule has 1 aliphatic rings. The highest BCUT2D eigenvalue weighted by Crippen LogP contribution is 2.45. The fraction of sp³-hybridized carbons (Fsp3) is 0.229. The van der Waals surface area contributed by atoms with Crippen molar-refractivity contribution < 1.29 is 23.5 Å². The average Bonchev–Trinajstić information content (AvgIpc) is 2.93. The highest BCUT2D eigenvalue weighted by atomic mass is 19.1. The molecule has 0 heterocycles.